The molecule has 8 heteroatoms. The van der Waals surface area contributed by atoms with Gasteiger partial charge in [0.2, 0.25) is 15.9 Å². The molecule has 1 aromatic carbocycles. The number of hydrogen-bond acceptors (Lipinski definition) is 4. The smallest absolute Gasteiger partial charge is 0.254 e. The zero-order valence-corrected chi connectivity index (χ0v) is 17.2. The minimum atomic E-state index is -3.59. The van der Waals surface area contributed by atoms with Gasteiger partial charge in [0.05, 0.1) is 11.4 Å². The Morgan fingerprint density at radius 1 is 1.15 bits per heavy atom. The van der Waals surface area contributed by atoms with E-state index in [1.165, 1.54) is 33.5 Å². The second kappa shape index (κ2) is 8.39. The molecular formula is C19H29N3O4S. The third kappa shape index (κ3) is 5.07. The van der Waals surface area contributed by atoms with Crippen LogP contribution in [0.1, 0.15) is 44.5 Å². The van der Waals surface area contributed by atoms with E-state index in [4.69, 9.17) is 5.73 Å². The summed E-state index contributed by atoms with van der Waals surface area (Å²) in [6.07, 6.45) is 1.02. The first-order valence-electron chi connectivity index (χ1n) is 9.21. The summed E-state index contributed by atoms with van der Waals surface area (Å²) in [6.45, 7) is 8.52. The fourth-order valence-electron chi connectivity index (χ4n) is 3.54. The van der Waals surface area contributed by atoms with E-state index < -0.39 is 15.9 Å². The van der Waals surface area contributed by atoms with Crippen LogP contribution in [0.15, 0.2) is 29.2 Å². The summed E-state index contributed by atoms with van der Waals surface area (Å²) in [6, 6.07) is 5.68. The van der Waals surface area contributed by atoms with Crippen molar-refractivity contribution >= 4 is 21.8 Å². The first-order valence-corrected chi connectivity index (χ1v) is 10.7. The normalized spacial score (nSPS) is 21.2. The topological polar surface area (TPSA) is 101 Å². The molecule has 0 aliphatic carbocycles. The number of amides is 2. The third-order valence-electron chi connectivity index (χ3n) is 4.78. The molecule has 0 aromatic heterocycles. The number of nitrogens with zero attached hydrogens (tertiary/aromatic N) is 2. The van der Waals surface area contributed by atoms with Crippen LogP contribution in [0.2, 0.25) is 0 Å². The van der Waals surface area contributed by atoms with Gasteiger partial charge in [0.15, 0.2) is 0 Å². The van der Waals surface area contributed by atoms with Gasteiger partial charge in [-0.25, -0.2) is 8.42 Å². The Balaban J connectivity index is 2.23. The Bertz CT molecular complexity index is 780. The Hall–Kier alpha value is -1.93. The number of nitrogens with two attached hydrogens (primary N) is 1. The Morgan fingerprint density at radius 2 is 1.67 bits per heavy atom. The monoisotopic (exact) mass is 395 g/mol. The molecule has 7 nitrogen and oxygen atoms in total. The van der Waals surface area contributed by atoms with Crippen molar-refractivity contribution in [2.45, 2.75) is 45.1 Å². The average Bonchev–Trinajstić information content (AvgIpc) is 2.58. The second-order valence-corrected chi connectivity index (χ2v) is 9.72. The van der Waals surface area contributed by atoms with E-state index in [2.05, 4.69) is 13.8 Å². The second-order valence-electron chi connectivity index (χ2n) is 7.79. The van der Waals surface area contributed by atoms with Crippen LogP contribution in [0.4, 0.5) is 0 Å². The molecule has 0 unspecified atom stereocenters. The summed E-state index contributed by atoms with van der Waals surface area (Å²) in [7, 11) is -3.59. The maximum Gasteiger partial charge on any atom is 0.254 e. The fourth-order valence-corrected chi connectivity index (χ4v) is 5.22. The lowest BCUT2D eigenvalue weighted by molar-refractivity contribution is -0.119. The van der Waals surface area contributed by atoms with E-state index >= 15 is 0 Å². The van der Waals surface area contributed by atoms with Gasteiger partial charge >= 0.3 is 0 Å². The highest BCUT2D eigenvalue weighted by molar-refractivity contribution is 7.89. The molecule has 2 atom stereocenters. The molecule has 1 aliphatic rings. The largest absolute Gasteiger partial charge is 0.368 e. The van der Waals surface area contributed by atoms with E-state index in [-0.39, 0.29) is 23.4 Å². The van der Waals surface area contributed by atoms with Gasteiger partial charge in [-0.3, -0.25) is 9.59 Å². The van der Waals surface area contributed by atoms with Crippen LogP contribution in [-0.4, -0.2) is 55.1 Å². The van der Waals surface area contributed by atoms with Crippen LogP contribution in [-0.2, 0) is 14.8 Å². The molecule has 1 heterocycles. The number of hydrogen-bond donors (Lipinski definition) is 1. The number of primary amides is 1. The van der Waals surface area contributed by atoms with Gasteiger partial charge in [-0.05, 0) is 56.4 Å². The molecule has 1 aromatic rings. The average molecular weight is 396 g/mol. The van der Waals surface area contributed by atoms with Gasteiger partial charge in [-0.15, -0.1) is 0 Å². The molecular weight excluding hydrogens is 366 g/mol. The molecule has 0 bridgehead atoms. The summed E-state index contributed by atoms with van der Waals surface area (Å²) in [4.78, 5) is 25.4. The lowest BCUT2D eigenvalue weighted by atomic mass is 9.94. The molecule has 2 N–H and O–H groups in total. The third-order valence-corrected chi connectivity index (χ3v) is 6.63. The number of carbonyl (C=O) groups is 2. The summed E-state index contributed by atoms with van der Waals surface area (Å²) in [5, 5.41) is 0. The molecule has 0 spiro atoms. The van der Waals surface area contributed by atoms with Crippen molar-refractivity contribution in [2.24, 2.45) is 17.6 Å². The summed E-state index contributed by atoms with van der Waals surface area (Å²) in [5.41, 5.74) is 5.54. The van der Waals surface area contributed by atoms with Crippen molar-refractivity contribution in [2.75, 3.05) is 19.6 Å². The minimum Gasteiger partial charge on any atom is -0.368 e. The van der Waals surface area contributed by atoms with Crippen molar-refractivity contribution in [1.29, 1.82) is 0 Å². The minimum absolute atomic E-state index is 0.173. The predicted octanol–water partition coefficient (Wildman–Crippen LogP) is 1.69. The van der Waals surface area contributed by atoms with Crippen molar-refractivity contribution < 1.29 is 18.0 Å². The lowest BCUT2D eigenvalue weighted by Gasteiger charge is -2.34. The van der Waals surface area contributed by atoms with Gasteiger partial charge in [0.1, 0.15) is 0 Å². The van der Waals surface area contributed by atoms with Gasteiger partial charge in [-0.2, -0.15) is 4.31 Å². The van der Waals surface area contributed by atoms with Crippen LogP contribution in [0.25, 0.3) is 0 Å². The SMILES string of the molecule is CC(C)N(CC(N)=O)C(=O)c1ccc(S(=O)(=O)N2C[C@@H](C)C[C@H](C)C2)cc1. The molecule has 2 amide bonds. The van der Waals surface area contributed by atoms with Gasteiger partial charge in [-0.1, -0.05) is 13.8 Å². The highest BCUT2D eigenvalue weighted by Crippen LogP contribution is 2.27. The Labute approximate surface area is 161 Å². The van der Waals surface area contributed by atoms with Crippen LogP contribution in [0, 0.1) is 11.8 Å². The number of carbonyl (C=O) groups excluding carboxylic acids is 2. The van der Waals surface area contributed by atoms with Crippen LogP contribution in [0.5, 0.6) is 0 Å². The highest BCUT2D eigenvalue weighted by atomic mass is 32.2. The van der Waals surface area contributed by atoms with E-state index in [1.54, 1.807) is 13.8 Å². The van der Waals surface area contributed by atoms with Gasteiger partial charge in [0, 0.05) is 24.7 Å². The van der Waals surface area contributed by atoms with Crippen LogP contribution in [0.3, 0.4) is 0 Å². The standard InChI is InChI=1S/C19H29N3O4S/c1-13(2)22(12-18(20)23)19(24)16-5-7-17(8-6-16)27(25,26)21-10-14(3)9-15(4)11-21/h5-8,13-15H,9-12H2,1-4H3,(H2,20,23)/t14-,15-/m0/s1. The predicted molar refractivity (Wildman–Crippen MR) is 104 cm³/mol. The van der Waals surface area contributed by atoms with Crippen molar-refractivity contribution in [1.82, 2.24) is 9.21 Å². The summed E-state index contributed by atoms with van der Waals surface area (Å²) in [5.74, 6) is -0.312. The fraction of sp³-hybridized carbons (Fsp3) is 0.579. The van der Waals surface area contributed by atoms with Gasteiger partial charge < -0.3 is 10.6 Å². The first kappa shape index (κ1) is 21.4. The number of piperidine rings is 1. The van der Waals surface area contributed by atoms with Crippen molar-refractivity contribution in [3.8, 4) is 0 Å². The molecule has 27 heavy (non-hydrogen) atoms. The van der Waals surface area contributed by atoms with Gasteiger partial charge in [0.25, 0.3) is 5.91 Å². The maximum absolute atomic E-state index is 12.9. The molecule has 1 saturated heterocycles. The lowest BCUT2D eigenvalue weighted by Crippen LogP contribution is -2.43. The van der Waals surface area contributed by atoms with Crippen molar-refractivity contribution in [3.63, 3.8) is 0 Å². The molecule has 2 rings (SSSR count). The molecule has 1 aliphatic heterocycles. The van der Waals surface area contributed by atoms with E-state index in [1.807, 2.05) is 0 Å². The van der Waals surface area contributed by atoms with Crippen LogP contribution >= 0.6 is 0 Å². The zero-order valence-electron chi connectivity index (χ0n) is 16.4. The molecule has 150 valence electrons. The number of sulfonamides is 1. The highest BCUT2D eigenvalue weighted by Gasteiger charge is 2.32. The Morgan fingerprint density at radius 3 is 2.11 bits per heavy atom. The number of rotatable bonds is 6. The maximum atomic E-state index is 12.9. The van der Waals surface area contributed by atoms with Crippen molar-refractivity contribution in [3.05, 3.63) is 29.8 Å². The van der Waals surface area contributed by atoms with Crippen LogP contribution < -0.4 is 5.73 Å². The Kier molecular flexibility index (Phi) is 6.64. The molecule has 0 saturated carbocycles. The van der Waals surface area contributed by atoms with E-state index in [9.17, 15) is 18.0 Å². The molecule has 0 radical (unpaired) electrons. The zero-order chi connectivity index (χ0) is 20.4. The summed E-state index contributed by atoms with van der Waals surface area (Å²) < 4.78 is 27.4. The summed E-state index contributed by atoms with van der Waals surface area (Å²) >= 11 is 0. The number of benzene rings is 1. The quantitative estimate of drug-likeness (QED) is 0.792. The van der Waals surface area contributed by atoms with E-state index in [0.29, 0.717) is 30.5 Å². The van der Waals surface area contributed by atoms with E-state index in [0.717, 1.165) is 6.42 Å². The molecule has 1 fully saturated rings. The first-order chi connectivity index (χ1) is 12.5.